The van der Waals surface area contributed by atoms with E-state index in [0.717, 1.165) is 22.0 Å². The maximum atomic E-state index is 13.3. The molecule has 0 spiro atoms. The largest absolute Gasteiger partial charge is 0.394 e. The average Bonchev–Trinajstić information content (AvgIpc) is 2.67. The zero-order valence-corrected chi connectivity index (χ0v) is 17.6. The van der Waals surface area contributed by atoms with Crippen LogP contribution in [0.15, 0.2) is 66.9 Å². The van der Waals surface area contributed by atoms with Gasteiger partial charge in [-0.15, -0.1) is 0 Å². The quantitative estimate of drug-likeness (QED) is 0.324. The number of hydrogen-bond donors (Lipinski definition) is 0. The highest BCUT2D eigenvalue weighted by molar-refractivity contribution is 5.97. The molecular formula is C26H25F3N+. The molecular weight excluding hydrogens is 383 g/mol. The van der Waals surface area contributed by atoms with E-state index < -0.39 is 11.6 Å². The third-order valence-electron chi connectivity index (χ3n) is 5.96. The molecule has 154 valence electrons. The van der Waals surface area contributed by atoms with Crippen molar-refractivity contribution < 1.29 is 17.7 Å². The molecule has 0 fully saturated rings. The van der Waals surface area contributed by atoms with Crippen molar-refractivity contribution in [3.63, 3.8) is 0 Å². The van der Waals surface area contributed by atoms with E-state index in [2.05, 4.69) is 35.8 Å². The van der Waals surface area contributed by atoms with Gasteiger partial charge in [0.25, 0.3) is 0 Å². The number of nitrogens with zero attached hydrogens (tertiary/aromatic N) is 1. The maximum absolute atomic E-state index is 13.3. The fourth-order valence-corrected chi connectivity index (χ4v) is 4.09. The van der Waals surface area contributed by atoms with Crippen LogP contribution >= 0.6 is 0 Å². The second-order valence-corrected chi connectivity index (χ2v) is 8.77. The number of aryl methyl sites for hydroxylation is 2. The highest BCUT2D eigenvalue weighted by atomic mass is 19.4. The van der Waals surface area contributed by atoms with Gasteiger partial charge in [-0.25, -0.2) is 4.57 Å². The van der Waals surface area contributed by atoms with E-state index in [9.17, 15) is 13.2 Å². The molecule has 0 amide bonds. The van der Waals surface area contributed by atoms with Gasteiger partial charge in [0, 0.05) is 6.07 Å². The number of hydrogen-bond acceptors (Lipinski definition) is 0. The number of pyridine rings is 1. The molecule has 0 saturated heterocycles. The van der Waals surface area contributed by atoms with Crippen LogP contribution in [-0.2, 0) is 13.5 Å². The molecule has 4 rings (SSSR count). The van der Waals surface area contributed by atoms with Gasteiger partial charge in [-0.3, -0.25) is 0 Å². The molecule has 1 nitrogen and oxygen atoms in total. The molecule has 1 aromatic heterocycles. The number of fused-ring (bicyclic) bond motifs is 2. The second kappa shape index (κ2) is 7.12. The van der Waals surface area contributed by atoms with Crippen molar-refractivity contribution in [1.29, 1.82) is 0 Å². The molecule has 3 aromatic carbocycles. The van der Waals surface area contributed by atoms with E-state index >= 15 is 0 Å². The fraction of sp³-hybridized carbons (Fsp3) is 0.269. The van der Waals surface area contributed by atoms with Crippen LogP contribution in [0.3, 0.4) is 0 Å². The van der Waals surface area contributed by atoms with Crippen molar-refractivity contribution in [1.82, 2.24) is 0 Å². The van der Waals surface area contributed by atoms with E-state index in [1.807, 2.05) is 49.6 Å². The molecule has 30 heavy (non-hydrogen) atoms. The SMILES string of the molecule is Cc1cc2ccccc2cc1-c1c2ccc(CC(C)(C)C(F)(F)F)cc2cc[n+]1C. The van der Waals surface area contributed by atoms with Gasteiger partial charge < -0.3 is 0 Å². The summed E-state index contributed by atoms with van der Waals surface area (Å²) < 4.78 is 42.1. The second-order valence-electron chi connectivity index (χ2n) is 8.77. The first kappa shape index (κ1) is 20.4. The summed E-state index contributed by atoms with van der Waals surface area (Å²) in [5.74, 6) is 0. The zero-order chi connectivity index (χ0) is 21.7. The van der Waals surface area contributed by atoms with Gasteiger partial charge in [-0.1, -0.05) is 56.3 Å². The van der Waals surface area contributed by atoms with Gasteiger partial charge in [0.1, 0.15) is 7.05 Å². The number of benzene rings is 3. The van der Waals surface area contributed by atoms with Crippen LogP contribution in [0.5, 0.6) is 0 Å². The van der Waals surface area contributed by atoms with Crippen molar-refractivity contribution >= 4 is 21.5 Å². The van der Waals surface area contributed by atoms with E-state index in [4.69, 9.17) is 0 Å². The lowest BCUT2D eigenvalue weighted by Crippen LogP contribution is -2.34. The zero-order valence-electron chi connectivity index (χ0n) is 17.6. The summed E-state index contributed by atoms with van der Waals surface area (Å²) in [4.78, 5) is 0. The molecule has 0 aliphatic rings. The summed E-state index contributed by atoms with van der Waals surface area (Å²) in [6.07, 6.45) is -2.30. The first-order chi connectivity index (χ1) is 14.1. The molecule has 0 bridgehead atoms. The third kappa shape index (κ3) is 3.55. The summed E-state index contributed by atoms with van der Waals surface area (Å²) >= 11 is 0. The first-order valence-corrected chi connectivity index (χ1v) is 10.0. The Balaban J connectivity index is 1.86. The van der Waals surface area contributed by atoms with Gasteiger partial charge in [-0.05, 0) is 52.8 Å². The minimum atomic E-state index is -4.24. The Kier molecular flexibility index (Phi) is 4.84. The van der Waals surface area contributed by atoms with Crippen LogP contribution in [0.2, 0.25) is 0 Å². The van der Waals surface area contributed by atoms with Crippen molar-refractivity contribution in [2.45, 2.75) is 33.4 Å². The lowest BCUT2D eigenvalue weighted by atomic mass is 9.84. The standard InChI is InChI=1S/C26H25F3N/c1-17-13-19-7-5-6-8-20(19)15-23(17)24-22-10-9-18(14-21(22)11-12-30(24)4)16-25(2,3)26(27,28)29/h5-15H,16H2,1-4H3/q+1. The minimum Gasteiger partial charge on any atom is -0.200 e. The summed E-state index contributed by atoms with van der Waals surface area (Å²) in [7, 11) is 2.00. The monoisotopic (exact) mass is 408 g/mol. The first-order valence-electron chi connectivity index (χ1n) is 10.0. The third-order valence-corrected chi connectivity index (χ3v) is 5.96. The molecule has 0 aliphatic heterocycles. The molecule has 0 aliphatic carbocycles. The Morgan fingerprint density at radius 3 is 2.17 bits per heavy atom. The average molecular weight is 408 g/mol. The highest BCUT2D eigenvalue weighted by Crippen LogP contribution is 2.41. The fourth-order valence-electron chi connectivity index (χ4n) is 4.09. The van der Waals surface area contributed by atoms with Gasteiger partial charge in [0.05, 0.1) is 16.4 Å². The summed E-state index contributed by atoms with van der Waals surface area (Å²) in [6.45, 7) is 4.61. The Hall–Kier alpha value is -2.88. The number of alkyl halides is 3. The molecule has 0 radical (unpaired) electrons. The van der Waals surface area contributed by atoms with Gasteiger partial charge in [0.2, 0.25) is 5.69 Å². The molecule has 4 aromatic rings. The van der Waals surface area contributed by atoms with Crippen LogP contribution < -0.4 is 4.57 Å². The molecule has 0 N–H and O–H groups in total. The Morgan fingerprint density at radius 2 is 1.50 bits per heavy atom. The van der Waals surface area contributed by atoms with E-state index in [0.29, 0.717) is 5.56 Å². The van der Waals surface area contributed by atoms with Crippen molar-refractivity contribution in [2.24, 2.45) is 12.5 Å². The van der Waals surface area contributed by atoms with Crippen LogP contribution in [0, 0.1) is 12.3 Å². The van der Waals surface area contributed by atoms with Crippen LogP contribution in [-0.4, -0.2) is 6.18 Å². The molecule has 0 atom stereocenters. The smallest absolute Gasteiger partial charge is 0.200 e. The van der Waals surface area contributed by atoms with Crippen molar-refractivity contribution in [3.05, 3.63) is 78.0 Å². The Bertz CT molecular complexity index is 1250. The van der Waals surface area contributed by atoms with E-state index in [1.54, 1.807) is 0 Å². The van der Waals surface area contributed by atoms with Crippen LogP contribution in [0.25, 0.3) is 32.8 Å². The number of halogens is 3. The summed E-state index contributed by atoms with van der Waals surface area (Å²) in [5.41, 5.74) is 2.29. The maximum Gasteiger partial charge on any atom is 0.394 e. The van der Waals surface area contributed by atoms with E-state index in [1.165, 1.54) is 30.2 Å². The molecule has 0 unspecified atom stereocenters. The summed E-state index contributed by atoms with van der Waals surface area (Å²) in [5, 5.41) is 4.34. The molecule has 1 heterocycles. The lowest BCUT2D eigenvalue weighted by molar-refractivity contribution is -0.659. The number of aromatic nitrogens is 1. The van der Waals surface area contributed by atoms with Gasteiger partial charge in [-0.2, -0.15) is 13.2 Å². The number of rotatable bonds is 3. The molecule has 0 saturated carbocycles. The Labute approximate surface area is 174 Å². The van der Waals surface area contributed by atoms with Crippen molar-refractivity contribution in [3.8, 4) is 11.3 Å². The summed E-state index contributed by atoms with van der Waals surface area (Å²) in [6, 6.07) is 20.3. The van der Waals surface area contributed by atoms with Gasteiger partial charge >= 0.3 is 6.18 Å². The lowest BCUT2D eigenvalue weighted by Gasteiger charge is -2.27. The normalized spacial score (nSPS) is 12.6. The Morgan fingerprint density at radius 1 is 0.833 bits per heavy atom. The van der Waals surface area contributed by atoms with Crippen molar-refractivity contribution in [2.75, 3.05) is 0 Å². The van der Waals surface area contributed by atoms with Crippen LogP contribution in [0.4, 0.5) is 13.2 Å². The van der Waals surface area contributed by atoms with Gasteiger partial charge in [0.15, 0.2) is 6.20 Å². The van der Waals surface area contributed by atoms with E-state index in [-0.39, 0.29) is 6.42 Å². The highest BCUT2D eigenvalue weighted by Gasteiger charge is 2.46. The van der Waals surface area contributed by atoms with Crippen LogP contribution in [0.1, 0.15) is 25.0 Å². The topological polar surface area (TPSA) is 3.88 Å². The molecule has 4 heteroatoms. The predicted octanol–water partition coefficient (Wildman–Crippen LogP) is 6.92. The minimum absolute atomic E-state index is 0.0439. The predicted molar refractivity (Wildman–Crippen MR) is 116 cm³/mol.